The minimum atomic E-state index is -0.741. The third-order valence-corrected chi connectivity index (χ3v) is 2.81. The number of hydrogen-bond donors (Lipinski definition) is 1. The third-order valence-electron chi connectivity index (χ3n) is 2.81. The van der Waals surface area contributed by atoms with Crippen molar-refractivity contribution >= 4 is 5.97 Å². The summed E-state index contributed by atoms with van der Waals surface area (Å²) in [6.07, 6.45) is 1.23. The van der Waals surface area contributed by atoms with Crippen molar-refractivity contribution in [1.82, 2.24) is 4.90 Å². The quantitative estimate of drug-likeness (QED) is 0.757. The molecule has 0 radical (unpaired) electrons. The van der Waals surface area contributed by atoms with E-state index >= 15 is 0 Å². The molecule has 0 aromatic rings. The van der Waals surface area contributed by atoms with E-state index in [2.05, 4.69) is 0 Å². The first-order chi connectivity index (χ1) is 8.20. The zero-order valence-electron chi connectivity index (χ0n) is 11.9. The fourth-order valence-electron chi connectivity index (χ4n) is 2.06. The fourth-order valence-corrected chi connectivity index (χ4v) is 2.06. The largest absolute Gasteiger partial charge is 0.459 e. The topological polar surface area (TPSA) is 59.0 Å². The van der Waals surface area contributed by atoms with Gasteiger partial charge in [-0.1, -0.05) is 0 Å². The van der Waals surface area contributed by atoms with E-state index in [9.17, 15) is 9.90 Å². The van der Waals surface area contributed by atoms with Gasteiger partial charge in [0.2, 0.25) is 0 Å². The smallest absolute Gasteiger partial charge is 0.320 e. The molecule has 0 atom stereocenters. The van der Waals surface area contributed by atoms with Crippen LogP contribution in [-0.2, 0) is 14.3 Å². The molecule has 0 aromatic heterocycles. The maximum Gasteiger partial charge on any atom is 0.320 e. The Balaban J connectivity index is 2.36. The lowest BCUT2D eigenvalue weighted by Crippen LogP contribution is -2.47. The second-order valence-electron chi connectivity index (χ2n) is 6.10. The highest BCUT2D eigenvalue weighted by atomic mass is 16.6. The molecule has 1 aliphatic rings. The number of nitrogens with zero attached hydrogens (tertiary/aromatic N) is 1. The van der Waals surface area contributed by atoms with Gasteiger partial charge in [0.1, 0.15) is 5.60 Å². The second kappa shape index (κ2) is 5.99. The number of aliphatic hydroxyl groups is 1. The summed E-state index contributed by atoms with van der Waals surface area (Å²) < 4.78 is 10.5. The highest BCUT2D eigenvalue weighted by molar-refractivity contribution is 5.72. The average Bonchev–Trinajstić information content (AvgIpc) is 2.13. The SMILES string of the molecule is CN(CC(=O)OC(C)(C)C)CC1(O)CCOCC1. The van der Waals surface area contributed by atoms with E-state index in [0.29, 0.717) is 32.6 Å². The summed E-state index contributed by atoms with van der Waals surface area (Å²) in [5.41, 5.74) is -1.21. The molecule has 0 spiro atoms. The molecule has 0 unspecified atom stereocenters. The van der Waals surface area contributed by atoms with Crippen molar-refractivity contribution in [2.75, 3.05) is 33.4 Å². The Morgan fingerprint density at radius 2 is 1.94 bits per heavy atom. The van der Waals surface area contributed by atoms with E-state index < -0.39 is 11.2 Å². The summed E-state index contributed by atoms with van der Waals surface area (Å²) in [6.45, 7) is 7.36. The maximum absolute atomic E-state index is 11.6. The predicted octanol–water partition coefficient (Wildman–Crippen LogP) is 0.801. The zero-order valence-corrected chi connectivity index (χ0v) is 11.9. The number of esters is 1. The summed E-state index contributed by atoms with van der Waals surface area (Å²) in [4.78, 5) is 13.4. The Kier molecular flexibility index (Phi) is 5.13. The standard InChI is InChI=1S/C13H25NO4/c1-12(2,3)18-11(15)9-14(4)10-13(16)5-7-17-8-6-13/h16H,5-10H2,1-4H3. The lowest BCUT2D eigenvalue weighted by molar-refractivity contribution is -0.156. The second-order valence-corrected chi connectivity index (χ2v) is 6.10. The van der Waals surface area contributed by atoms with E-state index in [1.165, 1.54) is 0 Å². The average molecular weight is 259 g/mol. The fraction of sp³-hybridized carbons (Fsp3) is 0.923. The number of likely N-dealkylation sites (N-methyl/N-ethyl adjacent to an activating group) is 1. The van der Waals surface area contributed by atoms with Gasteiger partial charge in [-0.2, -0.15) is 0 Å². The van der Waals surface area contributed by atoms with Crippen LogP contribution in [0.15, 0.2) is 0 Å². The Hall–Kier alpha value is -0.650. The van der Waals surface area contributed by atoms with Gasteiger partial charge in [0, 0.05) is 32.6 Å². The van der Waals surface area contributed by atoms with Crippen LogP contribution in [0, 0.1) is 0 Å². The summed E-state index contributed by atoms with van der Waals surface area (Å²) in [7, 11) is 1.82. The van der Waals surface area contributed by atoms with E-state index in [0.717, 1.165) is 0 Å². The van der Waals surface area contributed by atoms with Gasteiger partial charge in [0.05, 0.1) is 12.1 Å². The van der Waals surface area contributed by atoms with Gasteiger partial charge < -0.3 is 14.6 Å². The van der Waals surface area contributed by atoms with Crippen molar-refractivity contribution in [1.29, 1.82) is 0 Å². The van der Waals surface area contributed by atoms with E-state index in [-0.39, 0.29) is 12.5 Å². The molecule has 1 N–H and O–H groups in total. The van der Waals surface area contributed by atoms with Crippen molar-refractivity contribution in [3.05, 3.63) is 0 Å². The lowest BCUT2D eigenvalue weighted by Gasteiger charge is -2.35. The molecule has 0 saturated carbocycles. The number of carbonyl (C=O) groups is 1. The minimum absolute atomic E-state index is 0.195. The Morgan fingerprint density at radius 1 is 1.39 bits per heavy atom. The van der Waals surface area contributed by atoms with Crippen LogP contribution in [0.1, 0.15) is 33.6 Å². The van der Waals surface area contributed by atoms with Gasteiger partial charge in [-0.3, -0.25) is 9.69 Å². The van der Waals surface area contributed by atoms with E-state index in [4.69, 9.17) is 9.47 Å². The highest BCUT2D eigenvalue weighted by Gasteiger charge is 2.31. The van der Waals surface area contributed by atoms with Crippen LogP contribution in [0.5, 0.6) is 0 Å². The van der Waals surface area contributed by atoms with Crippen LogP contribution in [0.4, 0.5) is 0 Å². The summed E-state index contributed by atoms with van der Waals surface area (Å²) in [6, 6.07) is 0. The molecule has 5 heteroatoms. The van der Waals surface area contributed by atoms with Crippen LogP contribution in [0.25, 0.3) is 0 Å². The predicted molar refractivity (Wildman–Crippen MR) is 68.3 cm³/mol. The lowest BCUT2D eigenvalue weighted by atomic mass is 9.94. The normalized spacial score (nSPS) is 19.9. The number of rotatable bonds is 4. The van der Waals surface area contributed by atoms with Crippen LogP contribution in [-0.4, -0.2) is 60.5 Å². The first-order valence-corrected chi connectivity index (χ1v) is 6.41. The first-order valence-electron chi connectivity index (χ1n) is 6.41. The Bertz CT molecular complexity index is 279. The van der Waals surface area contributed by atoms with Gasteiger partial charge >= 0.3 is 5.97 Å². The van der Waals surface area contributed by atoms with Gasteiger partial charge in [-0.05, 0) is 27.8 Å². The highest BCUT2D eigenvalue weighted by Crippen LogP contribution is 2.21. The van der Waals surface area contributed by atoms with Gasteiger partial charge in [-0.15, -0.1) is 0 Å². The van der Waals surface area contributed by atoms with Gasteiger partial charge in [-0.25, -0.2) is 0 Å². The molecule has 1 heterocycles. The monoisotopic (exact) mass is 259 g/mol. The van der Waals surface area contributed by atoms with Crippen molar-refractivity contribution < 1.29 is 19.4 Å². The maximum atomic E-state index is 11.6. The van der Waals surface area contributed by atoms with Crippen molar-refractivity contribution in [3.8, 4) is 0 Å². The van der Waals surface area contributed by atoms with E-state index in [1.54, 1.807) is 4.90 Å². The molecule has 1 rings (SSSR count). The van der Waals surface area contributed by atoms with E-state index in [1.807, 2.05) is 27.8 Å². The minimum Gasteiger partial charge on any atom is -0.459 e. The van der Waals surface area contributed by atoms with Crippen molar-refractivity contribution in [2.24, 2.45) is 0 Å². The molecule has 106 valence electrons. The third kappa shape index (κ3) is 5.80. The first kappa shape index (κ1) is 15.4. The molecule has 0 aromatic carbocycles. The number of hydrogen-bond acceptors (Lipinski definition) is 5. The molecule has 1 fully saturated rings. The van der Waals surface area contributed by atoms with Gasteiger partial charge in [0.25, 0.3) is 0 Å². The molecule has 1 aliphatic heterocycles. The Morgan fingerprint density at radius 3 is 2.44 bits per heavy atom. The molecule has 18 heavy (non-hydrogen) atoms. The molecular formula is C13H25NO4. The zero-order chi connectivity index (χ0) is 13.8. The Labute approximate surface area is 109 Å². The number of carbonyl (C=O) groups excluding carboxylic acids is 1. The molecule has 0 amide bonds. The summed E-state index contributed by atoms with van der Waals surface area (Å²) in [5, 5.41) is 10.3. The van der Waals surface area contributed by atoms with Crippen LogP contribution < -0.4 is 0 Å². The van der Waals surface area contributed by atoms with Crippen LogP contribution in [0.2, 0.25) is 0 Å². The van der Waals surface area contributed by atoms with Crippen LogP contribution >= 0.6 is 0 Å². The molecule has 1 saturated heterocycles. The molecule has 0 aliphatic carbocycles. The number of ether oxygens (including phenoxy) is 2. The van der Waals surface area contributed by atoms with Crippen molar-refractivity contribution in [2.45, 2.75) is 44.8 Å². The molecule has 0 bridgehead atoms. The summed E-state index contributed by atoms with van der Waals surface area (Å²) >= 11 is 0. The molecular weight excluding hydrogens is 234 g/mol. The summed E-state index contributed by atoms with van der Waals surface area (Å²) in [5.74, 6) is -0.263. The van der Waals surface area contributed by atoms with Crippen molar-refractivity contribution in [3.63, 3.8) is 0 Å². The molecule has 5 nitrogen and oxygen atoms in total. The van der Waals surface area contributed by atoms with Crippen LogP contribution in [0.3, 0.4) is 0 Å². The van der Waals surface area contributed by atoms with Gasteiger partial charge in [0.15, 0.2) is 0 Å².